The number of nitrogens with zero attached hydrogens (tertiary/aromatic N) is 3. The standard InChI is InChI=1S/C17H20N4O2S/c1-4-11(2)24-17-20-15(14(9-18)16(19)21-17)10-23-13-7-5-6-12(8-13)22-3/h5-8,11H,4,10H2,1-3H3,(H2,19,20,21)/t11-/m1/s1. The quantitative estimate of drug-likeness (QED) is 0.607. The zero-order valence-corrected chi connectivity index (χ0v) is 14.8. The molecule has 0 aliphatic rings. The fourth-order valence-electron chi connectivity index (χ4n) is 1.89. The molecule has 7 heteroatoms. The van der Waals surface area contributed by atoms with Crippen molar-refractivity contribution in [3.8, 4) is 17.6 Å². The van der Waals surface area contributed by atoms with E-state index in [4.69, 9.17) is 15.2 Å². The smallest absolute Gasteiger partial charge is 0.190 e. The topological polar surface area (TPSA) is 94.0 Å². The van der Waals surface area contributed by atoms with E-state index >= 15 is 0 Å². The van der Waals surface area contributed by atoms with E-state index < -0.39 is 0 Å². The van der Waals surface area contributed by atoms with Crippen molar-refractivity contribution >= 4 is 17.6 Å². The molecule has 0 aliphatic carbocycles. The number of benzene rings is 1. The van der Waals surface area contributed by atoms with Crippen molar-refractivity contribution < 1.29 is 9.47 Å². The van der Waals surface area contributed by atoms with Gasteiger partial charge in [-0.3, -0.25) is 0 Å². The van der Waals surface area contributed by atoms with Gasteiger partial charge in [-0.25, -0.2) is 9.97 Å². The van der Waals surface area contributed by atoms with Crippen molar-refractivity contribution in [2.45, 2.75) is 37.3 Å². The molecule has 0 saturated carbocycles. The van der Waals surface area contributed by atoms with Gasteiger partial charge in [0.2, 0.25) is 0 Å². The summed E-state index contributed by atoms with van der Waals surface area (Å²) < 4.78 is 10.9. The van der Waals surface area contributed by atoms with E-state index in [0.29, 0.717) is 27.6 Å². The molecule has 2 rings (SSSR count). The Morgan fingerprint density at radius 2 is 2.08 bits per heavy atom. The number of hydrogen-bond donors (Lipinski definition) is 1. The molecule has 24 heavy (non-hydrogen) atoms. The lowest BCUT2D eigenvalue weighted by molar-refractivity contribution is 0.297. The minimum Gasteiger partial charge on any atom is -0.497 e. The van der Waals surface area contributed by atoms with Crippen molar-refractivity contribution in [2.24, 2.45) is 0 Å². The number of thioether (sulfide) groups is 1. The van der Waals surface area contributed by atoms with Crippen LogP contribution in [0.3, 0.4) is 0 Å². The fraction of sp³-hybridized carbons (Fsp3) is 0.353. The molecule has 126 valence electrons. The molecule has 0 aliphatic heterocycles. The third-order valence-corrected chi connectivity index (χ3v) is 4.53. The molecule has 0 saturated heterocycles. The highest BCUT2D eigenvalue weighted by atomic mass is 32.2. The monoisotopic (exact) mass is 344 g/mol. The van der Waals surface area contributed by atoms with E-state index in [1.165, 1.54) is 11.8 Å². The van der Waals surface area contributed by atoms with Gasteiger partial charge in [-0.15, -0.1) is 0 Å². The number of methoxy groups -OCH3 is 1. The average molecular weight is 344 g/mol. The van der Waals surface area contributed by atoms with Gasteiger partial charge >= 0.3 is 0 Å². The molecule has 2 N–H and O–H groups in total. The van der Waals surface area contributed by atoms with Crippen LogP contribution in [0.15, 0.2) is 29.4 Å². The van der Waals surface area contributed by atoms with Crippen LogP contribution in [0, 0.1) is 11.3 Å². The molecule has 1 atom stereocenters. The summed E-state index contributed by atoms with van der Waals surface area (Å²) in [6, 6.07) is 9.30. The zero-order chi connectivity index (χ0) is 17.5. The maximum absolute atomic E-state index is 9.31. The Kier molecular flexibility index (Phi) is 6.27. The van der Waals surface area contributed by atoms with Gasteiger partial charge in [0.1, 0.15) is 41.3 Å². The predicted molar refractivity (Wildman–Crippen MR) is 94.1 cm³/mol. The normalized spacial score (nSPS) is 11.6. The van der Waals surface area contributed by atoms with Gasteiger partial charge in [0, 0.05) is 11.3 Å². The highest BCUT2D eigenvalue weighted by molar-refractivity contribution is 7.99. The number of anilines is 1. The number of ether oxygens (including phenoxy) is 2. The minimum atomic E-state index is 0.136. The highest BCUT2D eigenvalue weighted by Gasteiger charge is 2.15. The van der Waals surface area contributed by atoms with Gasteiger partial charge < -0.3 is 15.2 Å². The van der Waals surface area contributed by atoms with E-state index in [2.05, 4.69) is 29.9 Å². The third kappa shape index (κ3) is 4.52. The molecule has 2 aromatic rings. The number of nitrogen functional groups attached to an aromatic ring is 1. The van der Waals surface area contributed by atoms with Crippen LogP contribution in [0.1, 0.15) is 31.5 Å². The van der Waals surface area contributed by atoms with Crippen LogP contribution in [0.2, 0.25) is 0 Å². The molecular weight excluding hydrogens is 324 g/mol. The maximum atomic E-state index is 9.31. The summed E-state index contributed by atoms with van der Waals surface area (Å²) in [5, 5.41) is 10.2. The second kappa shape index (κ2) is 8.41. The summed E-state index contributed by atoms with van der Waals surface area (Å²) in [6.45, 7) is 4.32. The molecule has 1 heterocycles. The maximum Gasteiger partial charge on any atom is 0.190 e. The number of hydrogen-bond acceptors (Lipinski definition) is 7. The van der Waals surface area contributed by atoms with Crippen molar-refractivity contribution in [2.75, 3.05) is 12.8 Å². The summed E-state index contributed by atoms with van der Waals surface area (Å²) in [5.41, 5.74) is 6.64. The summed E-state index contributed by atoms with van der Waals surface area (Å²) in [6.07, 6.45) is 0.990. The Morgan fingerprint density at radius 3 is 2.75 bits per heavy atom. The van der Waals surface area contributed by atoms with Crippen LogP contribution in [-0.2, 0) is 6.61 Å². The molecule has 0 fully saturated rings. The van der Waals surface area contributed by atoms with Crippen LogP contribution in [0.5, 0.6) is 11.5 Å². The van der Waals surface area contributed by atoms with E-state index in [1.807, 2.05) is 18.2 Å². The van der Waals surface area contributed by atoms with Crippen LogP contribution in [0.25, 0.3) is 0 Å². The third-order valence-electron chi connectivity index (χ3n) is 3.40. The van der Waals surface area contributed by atoms with E-state index in [0.717, 1.165) is 6.42 Å². The van der Waals surface area contributed by atoms with Crippen LogP contribution >= 0.6 is 11.8 Å². The number of nitrogens with two attached hydrogens (primary N) is 1. The fourth-order valence-corrected chi connectivity index (χ4v) is 2.73. The largest absolute Gasteiger partial charge is 0.497 e. The molecule has 1 aromatic carbocycles. The van der Waals surface area contributed by atoms with Crippen molar-refractivity contribution in [3.63, 3.8) is 0 Å². The number of rotatable bonds is 7. The molecule has 6 nitrogen and oxygen atoms in total. The Hall–Kier alpha value is -2.46. The molecule has 0 spiro atoms. The van der Waals surface area contributed by atoms with E-state index in [9.17, 15) is 5.26 Å². The average Bonchev–Trinajstić information content (AvgIpc) is 2.59. The lowest BCUT2D eigenvalue weighted by atomic mass is 10.2. The van der Waals surface area contributed by atoms with E-state index in [-0.39, 0.29) is 18.0 Å². The first kappa shape index (κ1) is 17.9. The van der Waals surface area contributed by atoms with Gasteiger partial charge in [-0.05, 0) is 18.6 Å². The molecule has 0 amide bonds. The first-order valence-electron chi connectivity index (χ1n) is 7.57. The SMILES string of the molecule is CC[C@@H](C)Sc1nc(N)c(C#N)c(COc2cccc(OC)c2)n1. The highest BCUT2D eigenvalue weighted by Crippen LogP contribution is 2.26. The Labute approximate surface area is 146 Å². The van der Waals surface area contributed by atoms with Crippen molar-refractivity contribution in [1.82, 2.24) is 9.97 Å². The van der Waals surface area contributed by atoms with E-state index in [1.54, 1.807) is 13.2 Å². The van der Waals surface area contributed by atoms with Crippen molar-refractivity contribution in [1.29, 1.82) is 5.26 Å². The van der Waals surface area contributed by atoms with Crippen molar-refractivity contribution in [3.05, 3.63) is 35.5 Å². The Bertz CT molecular complexity index is 746. The second-order valence-corrected chi connectivity index (χ2v) is 6.53. The van der Waals surface area contributed by atoms with Crippen LogP contribution < -0.4 is 15.2 Å². The minimum absolute atomic E-state index is 0.136. The molecule has 0 radical (unpaired) electrons. The van der Waals surface area contributed by atoms with Crippen LogP contribution in [0.4, 0.5) is 5.82 Å². The second-order valence-electron chi connectivity index (χ2n) is 5.13. The van der Waals surface area contributed by atoms with Gasteiger partial charge in [0.25, 0.3) is 0 Å². The number of nitriles is 1. The first-order chi connectivity index (χ1) is 11.6. The lowest BCUT2D eigenvalue weighted by Gasteiger charge is -2.12. The van der Waals surface area contributed by atoms with Gasteiger partial charge in [-0.2, -0.15) is 5.26 Å². The molecule has 1 aromatic heterocycles. The van der Waals surface area contributed by atoms with Gasteiger partial charge in [-0.1, -0.05) is 31.7 Å². The molecule has 0 unspecified atom stereocenters. The Balaban J connectivity index is 2.22. The summed E-state index contributed by atoms with van der Waals surface area (Å²) in [4.78, 5) is 8.65. The zero-order valence-electron chi connectivity index (χ0n) is 13.9. The van der Waals surface area contributed by atoms with Crippen LogP contribution in [-0.4, -0.2) is 22.3 Å². The number of aromatic nitrogens is 2. The van der Waals surface area contributed by atoms with Gasteiger partial charge in [0.05, 0.1) is 7.11 Å². The summed E-state index contributed by atoms with van der Waals surface area (Å²) in [5.74, 6) is 1.51. The summed E-state index contributed by atoms with van der Waals surface area (Å²) in [7, 11) is 1.59. The lowest BCUT2D eigenvalue weighted by Crippen LogP contribution is -2.09. The van der Waals surface area contributed by atoms with Gasteiger partial charge in [0.15, 0.2) is 5.16 Å². The Morgan fingerprint density at radius 1 is 1.33 bits per heavy atom. The molecular formula is C17H20N4O2S. The summed E-state index contributed by atoms with van der Waals surface area (Å²) >= 11 is 1.53. The predicted octanol–water partition coefficient (Wildman–Crippen LogP) is 3.41. The molecule has 0 bridgehead atoms. The first-order valence-corrected chi connectivity index (χ1v) is 8.45.